The Morgan fingerprint density at radius 1 is 1.44 bits per heavy atom. The van der Waals surface area contributed by atoms with Crippen LogP contribution in [-0.2, 0) is 9.59 Å². The molecule has 0 aromatic heterocycles. The van der Waals surface area contributed by atoms with Crippen LogP contribution in [0.2, 0.25) is 0 Å². The number of aromatic hydroxyl groups is 1. The zero-order valence-corrected chi connectivity index (χ0v) is 10.2. The molecule has 1 aliphatic rings. The average molecular weight is 245 g/mol. The van der Waals surface area contributed by atoms with Crippen LogP contribution in [0.1, 0.15) is 24.0 Å². The first kappa shape index (κ1) is 12.4. The molecule has 0 atom stereocenters. The van der Waals surface area contributed by atoms with Crippen LogP contribution in [0.25, 0.3) is 6.08 Å². The Labute approximate surface area is 106 Å². The fraction of sp³-hybridized carbons (Fsp3) is 0.286. The Balaban J connectivity index is 2.08. The summed E-state index contributed by atoms with van der Waals surface area (Å²) in [6.07, 6.45) is 4.25. The van der Waals surface area contributed by atoms with Crippen LogP contribution < -0.4 is 0 Å². The number of phenolic OH excluding ortho intramolecular Hbond substituents is 1. The minimum absolute atomic E-state index is 0.105. The smallest absolute Gasteiger partial charge is 0.253 e. The summed E-state index contributed by atoms with van der Waals surface area (Å²) in [4.78, 5) is 24.4. The second-order valence-electron chi connectivity index (χ2n) is 4.37. The number of imide groups is 1. The summed E-state index contributed by atoms with van der Waals surface area (Å²) in [5.74, 6) is -0.150. The number of carbonyl (C=O) groups excluding carboxylic acids is 2. The lowest BCUT2D eigenvalue weighted by Crippen LogP contribution is -2.30. The number of likely N-dealkylation sites (tertiary alicyclic amines) is 1. The van der Waals surface area contributed by atoms with Crippen LogP contribution in [0.3, 0.4) is 0 Å². The monoisotopic (exact) mass is 245 g/mol. The molecule has 1 saturated heterocycles. The number of carbonyl (C=O) groups is 2. The molecule has 1 aliphatic heterocycles. The van der Waals surface area contributed by atoms with Gasteiger partial charge in [0.15, 0.2) is 0 Å². The van der Waals surface area contributed by atoms with Gasteiger partial charge in [0.2, 0.25) is 5.91 Å². The van der Waals surface area contributed by atoms with E-state index in [0.29, 0.717) is 13.0 Å². The predicted octanol–water partition coefficient (Wildman–Crippen LogP) is 1.86. The van der Waals surface area contributed by atoms with E-state index in [9.17, 15) is 14.7 Å². The summed E-state index contributed by atoms with van der Waals surface area (Å²) in [5, 5.41) is 9.38. The van der Waals surface area contributed by atoms with Crippen LogP contribution in [-0.4, -0.2) is 28.4 Å². The molecule has 0 saturated carbocycles. The number of phenols is 1. The molecule has 1 N–H and O–H groups in total. The number of rotatable bonds is 2. The van der Waals surface area contributed by atoms with E-state index in [1.807, 2.05) is 0 Å². The normalized spacial score (nSPS) is 15.6. The molecule has 2 rings (SSSR count). The molecule has 1 aromatic carbocycles. The molecule has 0 aliphatic carbocycles. The summed E-state index contributed by atoms with van der Waals surface area (Å²) in [6, 6.07) is 5.09. The van der Waals surface area contributed by atoms with E-state index in [4.69, 9.17) is 0 Å². The first-order chi connectivity index (χ1) is 8.58. The molecule has 0 unspecified atom stereocenters. The van der Waals surface area contributed by atoms with E-state index in [2.05, 4.69) is 0 Å². The Morgan fingerprint density at radius 3 is 2.83 bits per heavy atom. The first-order valence-electron chi connectivity index (χ1n) is 5.90. The van der Waals surface area contributed by atoms with E-state index < -0.39 is 0 Å². The number of nitrogens with zero attached hydrogens (tertiary/aromatic N) is 1. The third-order valence-electron chi connectivity index (χ3n) is 2.98. The van der Waals surface area contributed by atoms with Crippen LogP contribution in [0.15, 0.2) is 24.3 Å². The molecule has 4 heteroatoms. The fourth-order valence-electron chi connectivity index (χ4n) is 1.92. The Morgan fingerprint density at radius 2 is 2.22 bits per heavy atom. The van der Waals surface area contributed by atoms with Crippen molar-refractivity contribution in [1.82, 2.24) is 4.90 Å². The lowest BCUT2D eigenvalue weighted by molar-refractivity contribution is -0.138. The number of benzene rings is 1. The first-order valence-corrected chi connectivity index (χ1v) is 5.90. The van der Waals surface area contributed by atoms with Crippen molar-refractivity contribution in [1.29, 1.82) is 0 Å². The number of hydrogen-bond acceptors (Lipinski definition) is 3. The molecule has 2 amide bonds. The lowest BCUT2D eigenvalue weighted by atomic mass is 10.1. The van der Waals surface area contributed by atoms with Crippen molar-refractivity contribution in [2.75, 3.05) is 6.54 Å². The molecular weight excluding hydrogens is 230 g/mol. The van der Waals surface area contributed by atoms with Gasteiger partial charge in [-0.25, -0.2) is 0 Å². The van der Waals surface area contributed by atoms with E-state index in [1.54, 1.807) is 31.2 Å². The standard InChI is InChI=1S/C14H15NO3/c1-10-9-11(4-6-12(10)16)5-7-14(18)15-8-2-3-13(15)17/h4-7,9,16H,2-3,8H2,1H3/b7-5+. The lowest BCUT2D eigenvalue weighted by Gasteiger charge is -2.09. The van der Waals surface area contributed by atoms with Gasteiger partial charge < -0.3 is 5.11 Å². The van der Waals surface area contributed by atoms with Crippen molar-refractivity contribution in [3.05, 3.63) is 35.4 Å². The van der Waals surface area contributed by atoms with Crippen molar-refractivity contribution in [2.24, 2.45) is 0 Å². The van der Waals surface area contributed by atoms with E-state index in [0.717, 1.165) is 17.5 Å². The Hall–Kier alpha value is -2.10. The highest BCUT2D eigenvalue weighted by atomic mass is 16.3. The van der Waals surface area contributed by atoms with Crippen molar-refractivity contribution < 1.29 is 14.7 Å². The van der Waals surface area contributed by atoms with Gasteiger partial charge in [-0.1, -0.05) is 6.07 Å². The van der Waals surface area contributed by atoms with E-state index >= 15 is 0 Å². The molecule has 4 nitrogen and oxygen atoms in total. The molecule has 0 spiro atoms. The number of hydrogen-bond donors (Lipinski definition) is 1. The van der Waals surface area contributed by atoms with Crippen molar-refractivity contribution in [3.63, 3.8) is 0 Å². The summed E-state index contributed by atoms with van der Waals surface area (Å²) in [6.45, 7) is 2.30. The van der Waals surface area contributed by atoms with Gasteiger partial charge in [-0.15, -0.1) is 0 Å². The van der Waals surface area contributed by atoms with Crippen LogP contribution in [0.5, 0.6) is 5.75 Å². The summed E-state index contributed by atoms with van der Waals surface area (Å²) < 4.78 is 0. The summed E-state index contributed by atoms with van der Waals surface area (Å²) in [7, 11) is 0. The maximum absolute atomic E-state index is 11.7. The van der Waals surface area contributed by atoms with Gasteiger partial charge in [0.25, 0.3) is 5.91 Å². The topological polar surface area (TPSA) is 57.6 Å². The van der Waals surface area contributed by atoms with Crippen LogP contribution >= 0.6 is 0 Å². The fourth-order valence-corrected chi connectivity index (χ4v) is 1.92. The van der Waals surface area contributed by atoms with Gasteiger partial charge in [-0.05, 0) is 42.7 Å². The maximum Gasteiger partial charge on any atom is 0.253 e. The van der Waals surface area contributed by atoms with Gasteiger partial charge in [-0.3, -0.25) is 14.5 Å². The van der Waals surface area contributed by atoms with E-state index in [1.165, 1.54) is 11.0 Å². The summed E-state index contributed by atoms with van der Waals surface area (Å²) in [5.41, 5.74) is 1.58. The molecule has 0 radical (unpaired) electrons. The highest BCUT2D eigenvalue weighted by Gasteiger charge is 2.24. The molecule has 1 aromatic rings. The van der Waals surface area contributed by atoms with E-state index in [-0.39, 0.29) is 17.6 Å². The van der Waals surface area contributed by atoms with Gasteiger partial charge >= 0.3 is 0 Å². The molecule has 0 bridgehead atoms. The molecule has 94 valence electrons. The Kier molecular flexibility index (Phi) is 3.46. The molecule has 1 fully saturated rings. The molecule has 1 heterocycles. The third-order valence-corrected chi connectivity index (χ3v) is 2.98. The molecular formula is C14H15NO3. The van der Waals surface area contributed by atoms with Gasteiger partial charge in [0.1, 0.15) is 5.75 Å². The maximum atomic E-state index is 11.7. The largest absolute Gasteiger partial charge is 0.508 e. The highest BCUT2D eigenvalue weighted by Crippen LogP contribution is 2.18. The average Bonchev–Trinajstić information content (AvgIpc) is 2.77. The quantitative estimate of drug-likeness (QED) is 0.809. The summed E-state index contributed by atoms with van der Waals surface area (Å²) >= 11 is 0. The second-order valence-corrected chi connectivity index (χ2v) is 4.37. The van der Waals surface area contributed by atoms with Gasteiger partial charge in [0.05, 0.1) is 0 Å². The zero-order chi connectivity index (χ0) is 13.1. The van der Waals surface area contributed by atoms with Gasteiger partial charge in [-0.2, -0.15) is 0 Å². The predicted molar refractivity (Wildman–Crippen MR) is 67.8 cm³/mol. The molecule has 18 heavy (non-hydrogen) atoms. The van der Waals surface area contributed by atoms with Crippen LogP contribution in [0, 0.1) is 6.92 Å². The zero-order valence-electron chi connectivity index (χ0n) is 10.2. The van der Waals surface area contributed by atoms with Crippen molar-refractivity contribution in [2.45, 2.75) is 19.8 Å². The number of aryl methyl sites for hydroxylation is 1. The highest BCUT2D eigenvalue weighted by molar-refractivity contribution is 6.03. The minimum Gasteiger partial charge on any atom is -0.508 e. The van der Waals surface area contributed by atoms with Crippen LogP contribution in [0.4, 0.5) is 0 Å². The Bertz CT molecular complexity index is 520. The van der Waals surface area contributed by atoms with Crippen molar-refractivity contribution >= 4 is 17.9 Å². The third kappa shape index (κ3) is 2.59. The SMILES string of the molecule is Cc1cc(/C=C/C(=O)N2CCCC2=O)ccc1O. The second kappa shape index (κ2) is 5.04. The van der Waals surface area contributed by atoms with Gasteiger partial charge in [0, 0.05) is 19.0 Å². The minimum atomic E-state index is -0.275. The van der Waals surface area contributed by atoms with Crippen molar-refractivity contribution in [3.8, 4) is 5.75 Å². The number of amides is 2.